The lowest BCUT2D eigenvalue weighted by molar-refractivity contribution is -0.124. The molecule has 0 radical (unpaired) electrons. The highest BCUT2D eigenvalue weighted by atomic mass is 35.5. The molecule has 104 valence electrons. The Bertz CT molecular complexity index is 602. The molecule has 20 heavy (non-hydrogen) atoms. The maximum Gasteiger partial charge on any atom is 0.240 e. The van der Waals surface area contributed by atoms with E-state index in [4.69, 9.17) is 16.3 Å². The van der Waals surface area contributed by atoms with Crippen LogP contribution in [0, 0.1) is 18.8 Å². The third-order valence-electron chi connectivity index (χ3n) is 4.76. The first kappa shape index (κ1) is 12.4. The van der Waals surface area contributed by atoms with E-state index in [0.29, 0.717) is 10.7 Å². The van der Waals surface area contributed by atoms with Crippen molar-refractivity contribution >= 4 is 29.1 Å². The summed E-state index contributed by atoms with van der Waals surface area (Å²) in [5, 5.41) is 0.569. The van der Waals surface area contributed by atoms with Gasteiger partial charge in [0.1, 0.15) is 0 Å². The molecule has 4 nitrogen and oxygen atoms in total. The SMILES string of the molecule is Cc1c(Cl)cccc1N1C(=O)C2C3CCC(O3)C2C1=O. The van der Waals surface area contributed by atoms with Crippen molar-refractivity contribution in [3.63, 3.8) is 0 Å². The van der Waals surface area contributed by atoms with E-state index in [1.165, 1.54) is 4.90 Å². The van der Waals surface area contributed by atoms with E-state index in [9.17, 15) is 9.59 Å². The van der Waals surface area contributed by atoms with Crippen LogP contribution in [-0.4, -0.2) is 24.0 Å². The van der Waals surface area contributed by atoms with Gasteiger partial charge in [0, 0.05) is 5.02 Å². The molecular weight excluding hydrogens is 278 g/mol. The van der Waals surface area contributed by atoms with Crippen molar-refractivity contribution in [2.75, 3.05) is 4.90 Å². The number of imide groups is 1. The number of anilines is 1. The van der Waals surface area contributed by atoms with Crippen molar-refractivity contribution in [1.82, 2.24) is 0 Å². The zero-order valence-corrected chi connectivity index (χ0v) is 11.8. The fourth-order valence-electron chi connectivity index (χ4n) is 3.79. The minimum Gasteiger partial charge on any atom is -0.373 e. The zero-order valence-electron chi connectivity index (χ0n) is 11.0. The molecule has 3 aliphatic rings. The molecule has 1 aromatic rings. The highest BCUT2D eigenvalue weighted by molar-refractivity contribution is 6.32. The molecule has 0 saturated carbocycles. The monoisotopic (exact) mass is 291 g/mol. The van der Waals surface area contributed by atoms with Crippen molar-refractivity contribution in [2.24, 2.45) is 11.8 Å². The molecule has 5 heteroatoms. The smallest absolute Gasteiger partial charge is 0.240 e. The van der Waals surface area contributed by atoms with Crippen LogP contribution < -0.4 is 4.90 Å². The third kappa shape index (κ3) is 1.41. The maximum atomic E-state index is 12.6. The molecule has 3 fully saturated rings. The molecule has 3 heterocycles. The molecule has 3 saturated heterocycles. The lowest BCUT2D eigenvalue weighted by Crippen LogP contribution is -2.34. The van der Waals surface area contributed by atoms with E-state index in [0.717, 1.165) is 18.4 Å². The summed E-state index contributed by atoms with van der Waals surface area (Å²) in [6, 6.07) is 5.31. The Balaban J connectivity index is 1.79. The second-order valence-corrected chi connectivity index (χ2v) is 6.14. The Morgan fingerprint density at radius 2 is 1.75 bits per heavy atom. The number of nitrogens with zero attached hydrogens (tertiary/aromatic N) is 1. The van der Waals surface area contributed by atoms with Gasteiger partial charge in [0.2, 0.25) is 11.8 Å². The lowest BCUT2D eigenvalue weighted by atomic mass is 9.81. The zero-order chi connectivity index (χ0) is 14.0. The van der Waals surface area contributed by atoms with E-state index in [1.54, 1.807) is 18.2 Å². The number of halogens is 1. The molecule has 2 bridgehead atoms. The van der Waals surface area contributed by atoms with Crippen molar-refractivity contribution < 1.29 is 14.3 Å². The van der Waals surface area contributed by atoms with Crippen molar-refractivity contribution in [1.29, 1.82) is 0 Å². The molecule has 0 N–H and O–H groups in total. The predicted octanol–water partition coefficient (Wildman–Crippen LogP) is 2.32. The van der Waals surface area contributed by atoms with Crippen LogP contribution in [0.3, 0.4) is 0 Å². The normalized spacial score (nSPS) is 35.0. The van der Waals surface area contributed by atoms with Crippen molar-refractivity contribution in [3.8, 4) is 0 Å². The van der Waals surface area contributed by atoms with Crippen molar-refractivity contribution in [3.05, 3.63) is 28.8 Å². The van der Waals surface area contributed by atoms with Gasteiger partial charge in [0.05, 0.1) is 29.7 Å². The summed E-state index contributed by atoms with van der Waals surface area (Å²) in [6.07, 6.45) is 1.61. The van der Waals surface area contributed by atoms with Crippen LogP contribution in [0.1, 0.15) is 18.4 Å². The fourth-order valence-corrected chi connectivity index (χ4v) is 3.96. The molecule has 4 rings (SSSR count). The number of rotatable bonds is 1. The van der Waals surface area contributed by atoms with E-state index < -0.39 is 0 Å². The number of fused-ring (bicyclic) bond motifs is 5. The Kier molecular flexibility index (Phi) is 2.51. The van der Waals surface area contributed by atoms with Gasteiger partial charge in [-0.1, -0.05) is 17.7 Å². The van der Waals surface area contributed by atoms with Crippen LogP contribution in [0.2, 0.25) is 5.02 Å². The molecular formula is C15H14ClNO3. The lowest BCUT2D eigenvalue weighted by Gasteiger charge is -2.20. The Morgan fingerprint density at radius 3 is 2.35 bits per heavy atom. The summed E-state index contributed by atoms with van der Waals surface area (Å²) in [7, 11) is 0. The fraction of sp³-hybridized carbons (Fsp3) is 0.467. The van der Waals surface area contributed by atoms with Crippen LogP contribution in [0.25, 0.3) is 0 Å². The molecule has 4 atom stereocenters. The number of ether oxygens (including phenoxy) is 1. The average Bonchev–Trinajstić information content (AvgIpc) is 3.09. The third-order valence-corrected chi connectivity index (χ3v) is 5.17. The summed E-state index contributed by atoms with van der Waals surface area (Å²) >= 11 is 6.10. The average molecular weight is 292 g/mol. The van der Waals surface area contributed by atoms with Crippen LogP contribution >= 0.6 is 11.6 Å². The largest absolute Gasteiger partial charge is 0.373 e. The summed E-state index contributed by atoms with van der Waals surface area (Å²) in [5.41, 5.74) is 1.38. The first-order valence-corrected chi connectivity index (χ1v) is 7.26. The van der Waals surface area contributed by atoms with Gasteiger partial charge in [0.15, 0.2) is 0 Å². The number of benzene rings is 1. The number of carbonyl (C=O) groups is 2. The molecule has 0 spiro atoms. The van der Waals surface area contributed by atoms with Gasteiger partial charge in [-0.05, 0) is 37.5 Å². The minimum atomic E-state index is -0.292. The van der Waals surface area contributed by atoms with Gasteiger partial charge in [0.25, 0.3) is 0 Å². The summed E-state index contributed by atoms with van der Waals surface area (Å²) in [5.74, 6) is -0.839. The van der Waals surface area contributed by atoms with Crippen LogP contribution in [0.4, 0.5) is 5.69 Å². The Labute approximate surface area is 121 Å². The minimum absolute atomic E-state index is 0.0778. The molecule has 0 aromatic heterocycles. The van der Waals surface area contributed by atoms with Gasteiger partial charge in [-0.3, -0.25) is 9.59 Å². The van der Waals surface area contributed by atoms with Gasteiger partial charge in [-0.2, -0.15) is 0 Å². The molecule has 1 aromatic carbocycles. The second-order valence-electron chi connectivity index (χ2n) is 5.74. The van der Waals surface area contributed by atoms with Gasteiger partial charge < -0.3 is 4.74 Å². The summed E-state index contributed by atoms with van der Waals surface area (Å²) in [6.45, 7) is 1.83. The van der Waals surface area contributed by atoms with E-state index in [1.807, 2.05) is 6.92 Å². The second kappa shape index (κ2) is 4.06. The Hall–Kier alpha value is -1.39. The number of carbonyl (C=O) groups excluding carboxylic acids is 2. The highest BCUT2D eigenvalue weighted by Crippen LogP contribution is 2.49. The first-order chi connectivity index (χ1) is 9.59. The van der Waals surface area contributed by atoms with Gasteiger partial charge in [-0.15, -0.1) is 0 Å². The topological polar surface area (TPSA) is 46.6 Å². The van der Waals surface area contributed by atoms with Crippen molar-refractivity contribution in [2.45, 2.75) is 32.0 Å². The Morgan fingerprint density at radius 1 is 1.15 bits per heavy atom. The highest BCUT2D eigenvalue weighted by Gasteiger charge is 2.62. The number of hydrogen-bond donors (Lipinski definition) is 0. The van der Waals surface area contributed by atoms with Gasteiger partial charge >= 0.3 is 0 Å². The summed E-state index contributed by atoms with van der Waals surface area (Å²) < 4.78 is 5.72. The standard InChI is InChI=1S/C15H14ClNO3/c1-7-8(16)3-2-4-9(7)17-14(18)12-10-5-6-11(20-10)13(12)15(17)19/h2-4,10-13H,5-6H2,1H3. The van der Waals surface area contributed by atoms with E-state index in [-0.39, 0.29) is 35.9 Å². The predicted molar refractivity (Wildman–Crippen MR) is 73.6 cm³/mol. The van der Waals surface area contributed by atoms with Crippen LogP contribution in [0.5, 0.6) is 0 Å². The van der Waals surface area contributed by atoms with Crippen LogP contribution in [0.15, 0.2) is 18.2 Å². The van der Waals surface area contributed by atoms with E-state index in [2.05, 4.69) is 0 Å². The van der Waals surface area contributed by atoms with Crippen LogP contribution in [-0.2, 0) is 14.3 Å². The quantitative estimate of drug-likeness (QED) is 0.746. The number of hydrogen-bond acceptors (Lipinski definition) is 3. The molecule has 4 unspecified atom stereocenters. The maximum absolute atomic E-state index is 12.6. The number of amides is 2. The molecule has 2 amide bonds. The molecule has 0 aliphatic carbocycles. The first-order valence-electron chi connectivity index (χ1n) is 6.88. The van der Waals surface area contributed by atoms with E-state index >= 15 is 0 Å². The molecule has 3 aliphatic heterocycles. The van der Waals surface area contributed by atoms with Gasteiger partial charge in [-0.25, -0.2) is 4.90 Å². The summed E-state index contributed by atoms with van der Waals surface area (Å²) in [4.78, 5) is 26.6.